The molecule has 0 bridgehead atoms. The number of carbonyl (C=O) groups excluding carboxylic acids is 1. The normalized spacial score (nSPS) is 22.8. The van der Waals surface area contributed by atoms with Gasteiger partial charge in [-0.1, -0.05) is 60.7 Å². The molecule has 150 valence electrons. The Labute approximate surface area is 192 Å². The first-order chi connectivity index (χ1) is 15.1. The smallest absolute Gasteiger partial charge is 0.185 e. The first-order valence-corrected chi connectivity index (χ1v) is 11.4. The van der Waals surface area contributed by atoms with Gasteiger partial charge in [0.05, 0.1) is 27.9 Å². The SMILES string of the molecule is N#CC1(C#N)C2C=Cc3ccccc3N2[C@H](C(=O)c2ccccc2)[C@H]1c1ccc(Br)s1. The van der Waals surface area contributed by atoms with Gasteiger partial charge in [0.25, 0.3) is 0 Å². The van der Waals surface area contributed by atoms with Crippen molar-refractivity contribution in [1.82, 2.24) is 0 Å². The summed E-state index contributed by atoms with van der Waals surface area (Å²) >= 11 is 4.98. The summed E-state index contributed by atoms with van der Waals surface area (Å²) in [6, 6.07) is 24.2. The third kappa shape index (κ3) is 2.87. The number of anilines is 1. The molecule has 3 heterocycles. The van der Waals surface area contributed by atoms with Gasteiger partial charge in [0.2, 0.25) is 0 Å². The lowest BCUT2D eigenvalue weighted by Gasteiger charge is -2.35. The van der Waals surface area contributed by atoms with Crippen molar-refractivity contribution in [2.75, 3.05) is 4.90 Å². The molecule has 3 aromatic rings. The zero-order valence-corrected chi connectivity index (χ0v) is 18.7. The fraction of sp³-hybridized carbons (Fsp3) is 0.160. The van der Waals surface area contributed by atoms with Crippen molar-refractivity contribution in [3.05, 3.63) is 92.6 Å². The van der Waals surface area contributed by atoms with Gasteiger partial charge in [-0.05, 0) is 39.7 Å². The number of fused-ring (bicyclic) bond motifs is 3. The Morgan fingerprint density at radius 3 is 2.39 bits per heavy atom. The molecule has 5 rings (SSSR count). The number of nitrogens with zero attached hydrogens (tertiary/aromatic N) is 3. The number of carbonyl (C=O) groups is 1. The van der Waals surface area contributed by atoms with Crippen molar-refractivity contribution in [3.63, 3.8) is 0 Å². The molecule has 2 aromatic carbocycles. The number of halogens is 1. The minimum Gasteiger partial charge on any atom is -0.351 e. The van der Waals surface area contributed by atoms with Gasteiger partial charge in [-0.2, -0.15) is 10.5 Å². The van der Waals surface area contributed by atoms with Crippen LogP contribution in [0, 0.1) is 28.1 Å². The van der Waals surface area contributed by atoms with E-state index < -0.39 is 23.4 Å². The van der Waals surface area contributed by atoms with Gasteiger partial charge in [0.1, 0.15) is 6.04 Å². The quantitative estimate of drug-likeness (QED) is 0.439. The van der Waals surface area contributed by atoms with E-state index >= 15 is 0 Å². The molecule has 3 atom stereocenters. The van der Waals surface area contributed by atoms with Crippen molar-refractivity contribution in [2.45, 2.75) is 18.0 Å². The number of hydrogen-bond donors (Lipinski definition) is 0. The minimum atomic E-state index is -1.40. The molecule has 0 N–H and O–H groups in total. The lowest BCUT2D eigenvalue weighted by Crippen LogP contribution is -2.44. The Kier molecular flexibility index (Phi) is 4.78. The van der Waals surface area contributed by atoms with Crippen LogP contribution in [0.2, 0.25) is 0 Å². The molecule has 0 amide bonds. The standard InChI is InChI=1S/C25H16BrN3OS/c26-21-13-11-19(31-21)22-23(24(30)17-7-2-1-3-8-17)29-18-9-5-4-6-16(18)10-12-20(29)25(22,14-27)15-28/h1-13,20,22-23H/t20?,22-,23+/m1/s1. The van der Waals surface area contributed by atoms with E-state index in [4.69, 9.17) is 0 Å². The molecule has 0 radical (unpaired) electrons. The molecule has 6 heteroatoms. The van der Waals surface area contributed by atoms with Gasteiger partial charge < -0.3 is 4.90 Å². The summed E-state index contributed by atoms with van der Waals surface area (Å²) in [6.45, 7) is 0. The van der Waals surface area contributed by atoms with E-state index in [1.54, 1.807) is 12.1 Å². The predicted octanol–water partition coefficient (Wildman–Crippen LogP) is 5.79. The maximum atomic E-state index is 13.9. The van der Waals surface area contributed by atoms with Gasteiger partial charge in [-0.15, -0.1) is 11.3 Å². The number of nitriles is 2. The number of thiophene rings is 1. The van der Waals surface area contributed by atoms with Crippen LogP contribution < -0.4 is 4.90 Å². The van der Waals surface area contributed by atoms with Crippen LogP contribution >= 0.6 is 27.3 Å². The summed E-state index contributed by atoms with van der Waals surface area (Å²) in [6.07, 6.45) is 3.86. The third-order valence-corrected chi connectivity index (χ3v) is 7.85. The summed E-state index contributed by atoms with van der Waals surface area (Å²) < 4.78 is 0.902. The molecule has 1 fully saturated rings. The summed E-state index contributed by atoms with van der Waals surface area (Å²) in [5.41, 5.74) is 1.02. The Bertz CT molecular complexity index is 1270. The van der Waals surface area contributed by atoms with E-state index in [1.165, 1.54) is 11.3 Å². The van der Waals surface area contributed by atoms with Crippen LogP contribution in [0.1, 0.15) is 26.7 Å². The van der Waals surface area contributed by atoms with E-state index in [-0.39, 0.29) is 5.78 Å². The lowest BCUT2D eigenvalue weighted by atomic mass is 9.71. The average Bonchev–Trinajstić information content (AvgIpc) is 3.37. The Hall–Kier alpha value is -3.19. The van der Waals surface area contributed by atoms with Crippen LogP contribution in [0.25, 0.3) is 6.08 Å². The maximum absolute atomic E-state index is 13.9. The lowest BCUT2D eigenvalue weighted by molar-refractivity contribution is 0.0951. The summed E-state index contributed by atoms with van der Waals surface area (Å²) in [4.78, 5) is 16.8. The van der Waals surface area contributed by atoms with E-state index in [2.05, 4.69) is 28.1 Å². The molecule has 0 aliphatic carbocycles. The molecule has 2 aliphatic rings. The number of benzene rings is 2. The Morgan fingerprint density at radius 1 is 1.00 bits per heavy atom. The van der Waals surface area contributed by atoms with E-state index in [9.17, 15) is 15.3 Å². The van der Waals surface area contributed by atoms with Crippen LogP contribution in [0.5, 0.6) is 0 Å². The Balaban J connectivity index is 1.79. The fourth-order valence-electron chi connectivity index (χ4n) is 4.81. The Morgan fingerprint density at radius 2 is 1.71 bits per heavy atom. The number of Topliss-reactive ketones (excluding diaryl/α,β-unsaturated/α-hetero) is 1. The molecule has 31 heavy (non-hydrogen) atoms. The van der Waals surface area contributed by atoms with E-state index in [0.29, 0.717) is 5.56 Å². The summed E-state index contributed by atoms with van der Waals surface area (Å²) in [5, 5.41) is 20.7. The maximum Gasteiger partial charge on any atom is 0.185 e. The molecular formula is C25H16BrN3OS. The topological polar surface area (TPSA) is 67.9 Å². The second-order valence-corrected chi connectivity index (χ2v) is 10.2. The monoisotopic (exact) mass is 485 g/mol. The van der Waals surface area contributed by atoms with Crippen LogP contribution in [0.4, 0.5) is 5.69 Å². The molecular weight excluding hydrogens is 470 g/mol. The molecule has 1 unspecified atom stereocenters. The molecule has 1 saturated heterocycles. The van der Waals surface area contributed by atoms with Crippen molar-refractivity contribution >= 4 is 44.8 Å². The number of rotatable bonds is 3. The van der Waals surface area contributed by atoms with Crippen LogP contribution in [-0.4, -0.2) is 17.9 Å². The van der Waals surface area contributed by atoms with Gasteiger partial charge >= 0.3 is 0 Å². The number of para-hydroxylation sites is 1. The highest BCUT2D eigenvalue weighted by molar-refractivity contribution is 9.11. The minimum absolute atomic E-state index is 0.0856. The predicted molar refractivity (Wildman–Crippen MR) is 125 cm³/mol. The first-order valence-electron chi connectivity index (χ1n) is 9.83. The molecule has 4 nitrogen and oxygen atoms in total. The van der Waals surface area contributed by atoms with Crippen LogP contribution in [0.15, 0.2) is 76.6 Å². The average molecular weight is 486 g/mol. The van der Waals surface area contributed by atoms with Gasteiger partial charge in [-0.3, -0.25) is 4.79 Å². The van der Waals surface area contributed by atoms with Crippen molar-refractivity contribution in [3.8, 4) is 12.1 Å². The third-order valence-electron chi connectivity index (χ3n) is 6.14. The molecule has 1 aromatic heterocycles. The number of hydrogen-bond acceptors (Lipinski definition) is 5. The van der Waals surface area contributed by atoms with Crippen LogP contribution in [0.3, 0.4) is 0 Å². The zero-order valence-electron chi connectivity index (χ0n) is 16.3. The highest BCUT2D eigenvalue weighted by Crippen LogP contribution is 2.56. The largest absolute Gasteiger partial charge is 0.351 e. The van der Waals surface area contributed by atoms with Crippen molar-refractivity contribution in [1.29, 1.82) is 10.5 Å². The fourth-order valence-corrected chi connectivity index (χ4v) is 6.44. The highest BCUT2D eigenvalue weighted by atomic mass is 79.9. The second-order valence-electron chi connectivity index (χ2n) is 7.66. The second kappa shape index (κ2) is 7.50. The van der Waals surface area contributed by atoms with Gasteiger partial charge in [0.15, 0.2) is 11.2 Å². The summed E-state index contributed by atoms with van der Waals surface area (Å²) in [5.74, 6) is -0.676. The van der Waals surface area contributed by atoms with Crippen molar-refractivity contribution in [2.24, 2.45) is 5.41 Å². The first kappa shape index (κ1) is 19.8. The molecule has 2 aliphatic heterocycles. The van der Waals surface area contributed by atoms with Gasteiger partial charge in [0, 0.05) is 16.1 Å². The molecule has 0 spiro atoms. The van der Waals surface area contributed by atoms with E-state index in [0.717, 1.165) is 19.9 Å². The van der Waals surface area contributed by atoms with Crippen molar-refractivity contribution < 1.29 is 4.79 Å². The molecule has 0 saturated carbocycles. The number of ketones is 1. The zero-order chi connectivity index (χ0) is 21.6. The highest BCUT2D eigenvalue weighted by Gasteiger charge is 2.63. The van der Waals surface area contributed by atoms with Gasteiger partial charge in [-0.25, -0.2) is 0 Å². The van der Waals surface area contributed by atoms with E-state index in [1.807, 2.05) is 71.6 Å². The summed E-state index contributed by atoms with van der Waals surface area (Å²) in [7, 11) is 0. The van der Waals surface area contributed by atoms with Crippen LogP contribution in [-0.2, 0) is 0 Å².